The van der Waals surface area contributed by atoms with Gasteiger partial charge in [0.1, 0.15) is 11.8 Å². The second-order valence-corrected chi connectivity index (χ2v) is 6.11. The van der Waals surface area contributed by atoms with Crippen LogP contribution in [0.25, 0.3) is 0 Å². The molecule has 3 heterocycles. The number of hydroxylamine groups is 1. The molecule has 1 amide bonds. The van der Waals surface area contributed by atoms with E-state index in [1.807, 2.05) is 0 Å². The third-order valence-electron chi connectivity index (χ3n) is 4.35. The molecular formula is C17H23N5O4. The van der Waals surface area contributed by atoms with Gasteiger partial charge in [-0.05, 0) is 31.9 Å². The van der Waals surface area contributed by atoms with Crippen molar-refractivity contribution in [3.05, 3.63) is 30.2 Å². The van der Waals surface area contributed by atoms with Crippen molar-refractivity contribution in [1.82, 2.24) is 20.8 Å². The van der Waals surface area contributed by atoms with Crippen molar-refractivity contribution in [3.63, 3.8) is 0 Å². The van der Waals surface area contributed by atoms with Gasteiger partial charge in [0.05, 0.1) is 13.2 Å². The zero-order chi connectivity index (χ0) is 18.4. The number of nitrogens with zero attached hydrogens (tertiary/aromatic N) is 3. The van der Waals surface area contributed by atoms with Gasteiger partial charge in [0.2, 0.25) is 11.9 Å². The van der Waals surface area contributed by atoms with Crippen molar-refractivity contribution in [2.45, 2.75) is 25.9 Å². The fourth-order valence-corrected chi connectivity index (χ4v) is 2.95. The van der Waals surface area contributed by atoms with Gasteiger partial charge in [0, 0.05) is 31.4 Å². The van der Waals surface area contributed by atoms with E-state index in [2.05, 4.69) is 25.7 Å². The van der Waals surface area contributed by atoms with Crippen LogP contribution in [0.3, 0.4) is 0 Å². The Bertz CT molecular complexity index is 658. The van der Waals surface area contributed by atoms with E-state index in [1.165, 1.54) is 0 Å². The Morgan fingerprint density at radius 1 is 1.35 bits per heavy atom. The highest BCUT2D eigenvalue weighted by Gasteiger charge is 2.27. The zero-order valence-corrected chi connectivity index (χ0v) is 14.7. The Morgan fingerprint density at radius 2 is 2.08 bits per heavy atom. The maximum atomic E-state index is 12.4. The first kappa shape index (κ1) is 18.1. The van der Waals surface area contributed by atoms with Gasteiger partial charge in [0.25, 0.3) is 0 Å². The van der Waals surface area contributed by atoms with Gasteiger partial charge >= 0.3 is 5.97 Å². The molecule has 2 N–H and O–H groups in total. The average molecular weight is 361 g/mol. The van der Waals surface area contributed by atoms with Gasteiger partial charge in [-0.1, -0.05) is 0 Å². The molecule has 1 unspecified atom stereocenters. The van der Waals surface area contributed by atoms with E-state index in [0.29, 0.717) is 19.1 Å². The van der Waals surface area contributed by atoms with Gasteiger partial charge in [0.15, 0.2) is 0 Å². The normalized spacial score (nSPS) is 20.3. The molecule has 140 valence electrons. The zero-order valence-electron chi connectivity index (χ0n) is 14.7. The topological polar surface area (TPSA) is 106 Å². The molecule has 3 rings (SSSR count). The van der Waals surface area contributed by atoms with Crippen LogP contribution in [0, 0.1) is 5.92 Å². The Kier molecular flexibility index (Phi) is 6.00. The molecule has 1 saturated heterocycles. The Balaban J connectivity index is 1.42. The predicted octanol–water partition coefficient (Wildman–Crippen LogP) is 0.160. The summed E-state index contributed by atoms with van der Waals surface area (Å²) in [4.78, 5) is 39.8. The quantitative estimate of drug-likeness (QED) is 0.690. The molecule has 0 aromatic carbocycles. The summed E-state index contributed by atoms with van der Waals surface area (Å²) in [5.74, 6) is 0.197. The van der Waals surface area contributed by atoms with Crippen molar-refractivity contribution in [2.75, 3.05) is 31.1 Å². The van der Waals surface area contributed by atoms with Gasteiger partial charge in [-0.2, -0.15) is 0 Å². The Morgan fingerprint density at radius 3 is 2.77 bits per heavy atom. The molecule has 0 aliphatic carbocycles. The lowest BCUT2D eigenvalue weighted by molar-refractivity contribution is -0.140. The molecule has 1 fully saturated rings. The number of rotatable bonds is 6. The molecule has 1 atom stereocenters. The molecule has 9 heteroatoms. The molecule has 9 nitrogen and oxygen atoms in total. The molecular weight excluding hydrogens is 338 g/mol. The van der Waals surface area contributed by atoms with E-state index >= 15 is 0 Å². The summed E-state index contributed by atoms with van der Waals surface area (Å²) in [6.07, 6.45) is 6.16. The van der Waals surface area contributed by atoms with E-state index in [1.54, 1.807) is 31.5 Å². The molecule has 1 aromatic rings. The summed E-state index contributed by atoms with van der Waals surface area (Å²) in [6.45, 7) is 3.83. The van der Waals surface area contributed by atoms with Crippen LogP contribution < -0.4 is 15.7 Å². The van der Waals surface area contributed by atoms with Crippen LogP contribution in [-0.4, -0.2) is 54.2 Å². The van der Waals surface area contributed by atoms with Gasteiger partial charge in [-0.3, -0.25) is 15.1 Å². The summed E-state index contributed by atoms with van der Waals surface area (Å²) < 4.78 is 4.89. The summed E-state index contributed by atoms with van der Waals surface area (Å²) in [5, 5.41) is 2.89. The average Bonchev–Trinajstić information content (AvgIpc) is 3.16. The number of aromatic nitrogens is 2. The number of carbonyl (C=O) groups is 2. The molecule has 0 bridgehead atoms. The molecule has 0 radical (unpaired) electrons. The molecule has 2 aliphatic rings. The smallest absolute Gasteiger partial charge is 0.356 e. The molecule has 2 aliphatic heterocycles. The number of hydrogen-bond donors (Lipinski definition) is 2. The second kappa shape index (κ2) is 8.61. The second-order valence-electron chi connectivity index (χ2n) is 6.11. The van der Waals surface area contributed by atoms with Crippen molar-refractivity contribution < 1.29 is 19.2 Å². The van der Waals surface area contributed by atoms with Crippen molar-refractivity contribution >= 4 is 17.8 Å². The van der Waals surface area contributed by atoms with E-state index in [4.69, 9.17) is 9.57 Å². The number of amides is 1. The highest BCUT2D eigenvalue weighted by atomic mass is 16.7. The molecule has 26 heavy (non-hydrogen) atoms. The number of piperidine rings is 1. The van der Waals surface area contributed by atoms with Crippen LogP contribution in [-0.2, 0) is 19.2 Å². The first-order valence-electron chi connectivity index (χ1n) is 8.77. The molecule has 0 spiro atoms. The van der Waals surface area contributed by atoms with E-state index in [-0.39, 0.29) is 17.5 Å². The van der Waals surface area contributed by atoms with Crippen LogP contribution in [0.2, 0.25) is 0 Å². The van der Waals surface area contributed by atoms with Crippen molar-refractivity contribution in [3.8, 4) is 0 Å². The SMILES string of the molecule is CCOC(=O)C1=CC(CNC(=O)C2CCN(c3ncccn3)CC2)ON1. The maximum absolute atomic E-state index is 12.4. The minimum atomic E-state index is -0.461. The van der Waals surface area contributed by atoms with Crippen LogP contribution in [0.15, 0.2) is 30.2 Å². The summed E-state index contributed by atoms with van der Waals surface area (Å²) >= 11 is 0. The Hall–Kier alpha value is -2.68. The maximum Gasteiger partial charge on any atom is 0.356 e. The first-order chi connectivity index (χ1) is 12.7. The number of ether oxygens (including phenoxy) is 1. The highest BCUT2D eigenvalue weighted by molar-refractivity contribution is 5.88. The lowest BCUT2D eigenvalue weighted by Crippen LogP contribution is -2.42. The number of nitrogens with one attached hydrogen (secondary N) is 2. The molecule has 1 aromatic heterocycles. The predicted molar refractivity (Wildman–Crippen MR) is 92.7 cm³/mol. The van der Waals surface area contributed by atoms with Crippen LogP contribution >= 0.6 is 0 Å². The minimum absolute atomic E-state index is 0.000199. The first-order valence-corrected chi connectivity index (χ1v) is 8.77. The highest BCUT2D eigenvalue weighted by Crippen LogP contribution is 2.20. The minimum Gasteiger partial charge on any atom is -0.461 e. The van der Waals surface area contributed by atoms with Gasteiger partial charge < -0.3 is 15.0 Å². The van der Waals surface area contributed by atoms with Crippen LogP contribution in [0.4, 0.5) is 5.95 Å². The lowest BCUT2D eigenvalue weighted by Gasteiger charge is -2.31. The summed E-state index contributed by atoms with van der Waals surface area (Å²) in [5.41, 5.74) is 2.80. The Labute approximate surface area is 151 Å². The lowest BCUT2D eigenvalue weighted by atomic mass is 9.96. The van der Waals surface area contributed by atoms with E-state index < -0.39 is 12.1 Å². The standard InChI is InChI=1S/C17H23N5O4/c1-2-25-16(24)14-10-13(26-21-14)11-20-15(23)12-4-8-22(9-5-12)17-18-6-3-7-19-17/h3,6-7,10,12-13,21H,2,4-5,8-9,11H2,1H3,(H,20,23). The molecule has 0 saturated carbocycles. The fraction of sp³-hybridized carbons (Fsp3) is 0.529. The van der Waals surface area contributed by atoms with Crippen molar-refractivity contribution in [2.24, 2.45) is 5.92 Å². The van der Waals surface area contributed by atoms with Gasteiger partial charge in [-0.25, -0.2) is 14.8 Å². The summed E-state index contributed by atoms with van der Waals surface area (Å²) in [6, 6.07) is 1.78. The number of carbonyl (C=O) groups excluding carboxylic acids is 2. The van der Waals surface area contributed by atoms with E-state index in [0.717, 1.165) is 25.9 Å². The third-order valence-corrected chi connectivity index (χ3v) is 4.35. The fourth-order valence-electron chi connectivity index (χ4n) is 2.95. The van der Waals surface area contributed by atoms with Crippen LogP contribution in [0.1, 0.15) is 19.8 Å². The van der Waals surface area contributed by atoms with Crippen molar-refractivity contribution in [1.29, 1.82) is 0 Å². The van der Waals surface area contributed by atoms with Crippen LogP contribution in [0.5, 0.6) is 0 Å². The number of hydrogen-bond acceptors (Lipinski definition) is 8. The number of esters is 1. The largest absolute Gasteiger partial charge is 0.461 e. The summed E-state index contributed by atoms with van der Waals surface area (Å²) in [7, 11) is 0. The number of anilines is 1. The monoisotopic (exact) mass is 361 g/mol. The third kappa shape index (κ3) is 4.48. The van der Waals surface area contributed by atoms with E-state index in [9.17, 15) is 9.59 Å². The van der Waals surface area contributed by atoms with Gasteiger partial charge in [-0.15, -0.1) is 0 Å².